The molecule has 2 fully saturated rings. The monoisotopic (exact) mass is 264 g/mol. The second-order valence-corrected chi connectivity index (χ2v) is 6.04. The first-order valence-corrected chi connectivity index (χ1v) is 7.53. The average molecular weight is 264 g/mol. The molecule has 19 heavy (non-hydrogen) atoms. The fourth-order valence-corrected chi connectivity index (χ4v) is 2.89. The van der Waals surface area contributed by atoms with Crippen LogP contribution in [0.2, 0.25) is 0 Å². The van der Waals surface area contributed by atoms with Gasteiger partial charge in [-0.3, -0.25) is 4.90 Å². The number of hydrogen-bond acceptors (Lipinski definition) is 3. The minimum atomic E-state index is 0.368. The number of nitrogens with zero attached hydrogens (tertiary/aromatic N) is 1. The Bertz CT molecular complexity index is 283. The maximum absolute atomic E-state index is 5.56. The molecule has 0 atom stereocenters. The van der Waals surface area contributed by atoms with E-state index < -0.39 is 0 Å². The third-order valence-corrected chi connectivity index (χ3v) is 4.23. The second-order valence-electron chi connectivity index (χ2n) is 6.04. The highest BCUT2D eigenvalue weighted by Gasteiger charge is 2.35. The van der Waals surface area contributed by atoms with Crippen LogP contribution in [0, 0.1) is 5.41 Å². The molecular weight excluding hydrogens is 236 g/mol. The van der Waals surface area contributed by atoms with Gasteiger partial charge < -0.3 is 10.1 Å². The van der Waals surface area contributed by atoms with Gasteiger partial charge in [-0.1, -0.05) is 12.2 Å². The lowest BCUT2D eigenvalue weighted by Gasteiger charge is -2.41. The predicted molar refractivity (Wildman–Crippen MR) is 80.3 cm³/mol. The molecule has 0 aromatic rings. The Hall–Kier alpha value is -0.640. The largest absolute Gasteiger partial charge is 0.381 e. The first kappa shape index (κ1) is 14.8. The van der Waals surface area contributed by atoms with Gasteiger partial charge in [0.25, 0.3) is 0 Å². The van der Waals surface area contributed by atoms with E-state index in [4.69, 9.17) is 4.74 Å². The lowest BCUT2D eigenvalue weighted by Crippen LogP contribution is -2.48. The molecule has 3 nitrogen and oxygen atoms in total. The molecule has 3 heteroatoms. The highest BCUT2D eigenvalue weighted by molar-refractivity contribution is 4.93. The van der Waals surface area contributed by atoms with Gasteiger partial charge in [-0.15, -0.1) is 13.2 Å². The molecule has 2 aliphatic rings. The maximum atomic E-state index is 5.56. The van der Waals surface area contributed by atoms with Gasteiger partial charge in [0.05, 0.1) is 0 Å². The highest BCUT2D eigenvalue weighted by Crippen LogP contribution is 2.32. The molecule has 0 aromatic heterocycles. The molecule has 0 aromatic carbocycles. The van der Waals surface area contributed by atoms with Gasteiger partial charge in [0, 0.05) is 45.4 Å². The number of rotatable bonds is 9. The summed E-state index contributed by atoms with van der Waals surface area (Å²) in [4.78, 5) is 2.44. The second kappa shape index (κ2) is 7.22. The first-order valence-electron chi connectivity index (χ1n) is 7.53. The van der Waals surface area contributed by atoms with E-state index in [-0.39, 0.29) is 0 Å². The number of nitrogens with one attached hydrogen (secondary N) is 1. The predicted octanol–water partition coefficient (Wildman–Crippen LogP) is 2.21. The number of ether oxygens (including phenoxy) is 1. The van der Waals surface area contributed by atoms with Crippen LogP contribution < -0.4 is 5.32 Å². The molecule has 1 aliphatic carbocycles. The molecule has 2 rings (SSSR count). The summed E-state index contributed by atoms with van der Waals surface area (Å²) in [5.41, 5.74) is 0.368. The van der Waals surface area contributed by atoms with Crippen molar-refractivity contribution in [3.05, 3.63) is 25.3 Å². The lowest BCUT2D eigenvalue weighted by atomic mass is 9.79. The van der Waals surface area contributed by atoms with Crippen LogP contribution in [0.3, 0.4) is 0 Å². The van der Waals surface area contributed by atoms with Crippen molar-refractivity contribution in [2.75, 3.05) is 39.4 Å². The quantitative estimate of drug-likeness (QED) is 0.646. The molecular formula is C16H28N2O. The summed E-state index contributed by atoms with van der Waals surface area (Å²) >= 11 is 0. The third kappa shape index (κ3) is 4.75. The van der Waals surface area contributed by atoms with Crippen LogP contribution in [0.1, 0.15) is 25.7 Å². The normalized spacial score (nSPS) is 22.4. The summed E-state index contributed by atoms with van der Waals surface area (Å²) in [7, 11) is 0. The minimum Gasteiger partial charge on any atom is -0.381 e. The zero-order valence-electron chi connectivity index (χ0n) is 12.1. The average Bonchev–Trinajstić information content (AvgIpc) is 3.22. The Kier molecular flexibility index (Phi) is 5.61. The van der Waals surface area contributed by atoms with Crippen LogP contribution in [0.25, 0.3) is 0 Å². The molecule has 1 aliphatic heterocycles. The van der Waals surface area contributed by atoms with Crippen LogP contribution in [-0.4, -0.2) is 50.3 Å². The van der Waals surface area contributed by atoms with Crippen molar-refractivity contribution < 1.29 is 4.74 Å². The first-order chi connectivity index (χ1) is 9.28. The Morgan fingerprint density at radius 2 is 1.79 bits per heavy atom. The molecule has 0 spiro atoms. The fourth-order valence-electron chi connectivity index (χ4n) is 2.89. The van der Waals surface area contributed by atoms with Gasteiger partial charge in [-0.05, 0) is 31.1 Å². The van der Waals surface area contributed by atoms with Crippen LogP contribution in [0.15, 0.2) is 25.3 Å². The third-order valence-electron chi connectivity index (χ3n) is 4.23. The van der Waals surface area contributed by atoms with Crippen molar-refractivity contribution >= 4 is 0 Å². The summed E-state index contributed by atoms with van der Waals surface area (Å²) in [5, 5.41) is 3.72. The van der Waals surface area contributed by atoms with Crippen molar-refractivity contribution in [2.24, 2.45) is 5.41 Å². The Balaban J connectivity index is 1.93. The minimum absolute atomic E-state index is 0.368. The Labute approximate surface area is 117 Å². The lowest BCUT2D eigenvalue weighted by molar-refractivity contribution is -0.00129. The molecule has 1 N–H and O–H groups in total. The van der Waals surface area contributed by atoms with E-state index in [9.17, 15) is 0 Å². The molecule has 1 heterocycles. The van der Waals surface area contributed by atoms with Crippen LogP contribution >= 0.6 is 0 Å². The zero-order chi connectivity index (χ0) is 13.6. The smallest absolute Gasteiger partial charge is 0.0472 e. The summed E-state index contributed by atoms with van der Waals surface area (Å²) < 4.78 is 5.56. The highest BCUT2D eigenvalue weighted by atomic mass is 16.5. The molecule has 0 unspecified atom stereocenters. The van der Waals surface area contributed by atoms with E-state index in [1.54, 1.807) is 0 Å². The van der Waals surface area contributed by atoms with Crippen LogP contribution in [0.5, 0.6) is 0 Å². The molecule has 1 saturated carbocycles. The summed E-state index contributed by atoms with van der Waals surface area (Å²) in [5.74, 6) is 0. The van der Waals surface area contributed by atoms with Crippen molar-refractivity contribution in [3.8, 4) is 0 Å². The van der Waals surface area contributed by atoms with Crippen molar-refractivity contribution in [2.45, 2.75) is 31.7 Å². The summed E-state index contributed by atoms with van der Waals surface area (Å²) in [6, 6.07) is 0.784. The van der Waals surface area contributed by atoms with E-state index in [1.807, 2.05) is 12.2 Å². The van der Waals surface area contributed by atoms with Crippen molar-refractivity contribution in [3.63, 3.8) is 0 Å². The zero-order valence-corrected chi connectivity index (χ0v) is 12.1. The van der Waals surface area contributed by atoms with Gasteiger partial charge in [0.2, 0.25) is 0 Å². The molecule has 0 bridgehead atoms. The van der Waals surface area contributed by atoms with E-state index in [1.165, 1.54) is 12.8 Å². The SMILES string of the molecule is C=CCN(CC=C)CC1(CNC2CC2)CCOCC1. The Morgan fingerprint density at radius 1 is 1.16 bits per heavy atom. The van der Waals surface area contributed by atoms with Gasteiger partial charge in [0.15, 0.2) is 0 Å². The topological polar surface area (TPSA) is 24.5 Å². The van der Waals surface area contributed by atoms with Crippen molar-refractivity contribution in [1.82, 2.24) is 10.2 Å². The maximum Gasteiger partial charge on any atom is 0.0472 e. The summed E-state index contributed by atoms with van der Waals surface area (Å²) in [6.07, 6.45) is 9.02. The van der Waals surface area contributed by atoms with Gasteiger partial charge in [-0.25, -0.2) is 0 Å². The van der Waals surface area contributed by atoms with Gasteiger partial charge >= 0.3 is 0 Å². The van der Waals surface area contributed by atoms with E-state index in [0.717, 1.165) is 58.3 Å². The molecule has 1 saturated heterocycles. The standard InChI is InChI=1S/C16H28N2O/c1-3-9-18(10-4-2)14-16(7-11-19-12-8-16)13-17-15-5-6-15/h3-4,15,17H,1-2,5-14H2. The number of hydrogen-bond donors (Lipinski definition) is 1. The van der Waals surface area contributed by atoms with Gasteiger partial charge in [-0.2, -0.15) is 0 Å². The molecule has 0 radical (unpaired) electrons. The molecule has 108 valence electrons. The van der Waals surface area contributed by atoms with E-state index in [0.29, 0.717) is 5.41 Å². The van der Waals surface area contributed by atoms with Crippen LogP contribution in [-0.2, 0) is 4.74 Å². The van der Waals surface area contributed by atoms with E-state index >= 15 is 0 Å². The van der Waals surface area contributed by atoms with E-state index in [2.05, 4.69) is 23.4 Å². The summed E-state index contributed by atoms with van der Waals surface area (Å²) in [6.45, 7) is 13.7. The Morgan fingerprint density at radius 3 is 2.32 bits per heavy atom. The van der Waals surface area contributed by atoms with Gasteiger partial charge in [0.1, 0.15) is 0 Å². The molecule has 0 amide bonds. The fraction of sp³-hybridized carbons (Fsp3) is 0.750. The van der Waals surface area contributed by atoms with Crippen LogP contribution in [0.4, 0.5) is 0 Å². The van der Waals surface area contributed by atoms with Crippen molar-refractivity contribution in [1.29, 1.82) is 0 Å².